The first-order valence-electron chi connectivity index (χ1n) is 9.91. The van der Waals surface area contributed by atoms with E-state index in [9.17, 15) is 4.39 Å². The van der Waals surface area contributed by atoms with Crippen LogP contribution in [0.25, 0.3) is 16.9 Å². The Morgan fingerprint density at radius 1 is 1.19 bits per heavy atom. The second-order valence-corrected chi connectivity index (χ2v) is 7.46. The number of ether oxygens (including phenoxy) is 3. The minimum absolute atomic E-state index is 0.0575. The maximum Gasteiger partial charge on any atom is 0.172 e. The summed E-state index contributed by atoms with van der Waals surface area (Å²) in [5, 5.41) is 11.7. The molecule has 0 saturated carbocycles. The van der Waals surface area contributed by atoms with Gasteiger partial charge in [-0.2, -0.15) is 0 Å². The van der Waals surface area contributed by atoms with Crippen molar-refractivity contribution < 1.29 is 18.6 Å². The van der Waals surface area contributed by atoms with Crippen LogP contribution in [0.15, 0.2) is 42.9 Å². The molecule has 4 aromatic rings. The lowest BCUT2D eigenvalue weighted by atomic mass is 9.96. The Balaban J connectivity index is 1.53. The third-order valence-corrected chi connectivity index (χ3v) is 5.76. The number of fused-ring (bicyclic) bond motifs is 3. The summed E-state index contributed by atoms with van der Waals surface area (Å²) in [6.07, 6.45) is 3.30. The molecule has 1 aromatic carbocycles. The molecule has 0 aliphatic carbocycles. The normalized spacial score (nSPS) is 16.8. The predicted molar refractivity (Wildman–Crippen MR) is 110 cm³/mol. The SMILES string of the molecule is COc1cccnc1-c1cc2c(n3cnnc13)NCc1c(F)ccc3c1[C@H](CO3)CO2. The van der Waals surface area contributed by atoms with Gasteiger partial charge < -0.3 is 19.5 Å². The summed E-state index contributed by atoms with van der Waals surface area (Å²) < 4.78 is 34.0. The molecule has 1 N–H and O–H groups in total. The first-order valence-corrected chi connectivity index (χ1v) is 9.91. The van der Waals surface area contributed by atoms with Gasteiger partial charge in [-0.1, -0.05) is 0 Å². The molecule has 0 amide bonds. The van der Waals surface area contributed by atoms with Gasteiger partial charge in [-0.3, -0.25) is 9.38 Å². The Hall–Kier alpha value is -3.88. The molecular formula is C22H18FN5O3. The average Bonchev–Trinajstić information content (AvgIpc) is 3.45. The molecule has 2 aliphatic heterocycles. The third kappa shape index (κ3) is 2.69. The lowest BCUT2D eigenvalue weighted by molar-refractivity contribution is 0.249. The summed E-state index contributed by atoms with van der Waals surface area (Å²) in [7, 11) is 1.60. The van der Waals surface area contributed by atoms with Crippen molar-refractivity contribution in [1.29, 1.82) is 0 Å². The smallest absolute Gasteiger partial charge is 0.172 e. The molecule has 6 rings (SSSR count). The maximum absolute atomic E-state index is 14.7. The Labute approximate surface area is 176 Å². The topological polar surface area (TPSA) is 82.8 Å². The molecule has 3 aromatic heterocycles. The van der Waals surface area contributed by atoms with Crippen LogP contribution in [0.1, 0.15) is 17.0 Å². The fraction of sp³-hybridized carbons (Fsp3) is 0.227. The number of pyridine rings is 2. The molecule has 0 fully saturated rings. The summed E-state index contributed by atoms with van der Waals surface area (Å²) in [5.74, 6) is 2.25. The van der Waals surface area contributed by atoms with E-state index in [1.807, 2.05) is 18.2 Å². The Morgan fingerprint density at radius 3 is 2.94 bits per heavy atom. The van der Waals surface area contributed by atoms with E-state index in [2.05, 4.69) is 20.5 Å². The van der Waals surface area contributed by atoms with Gasteiger partial charge in [0, 0.05) is 23.9 Å². The molecule has 8 nitrogen and oxygen atoms in total. The Bertz CT molecular complexity index is 1320. The van der Waals surface area contributed by atoms with E-state index < -0.39 is 0 Å². The van der Waals surface area contributed by atoms with Crippen molar-refractivity contribution in [3.63, 3.8) is 0 Å². The molecule has 9 heteroatoms. The molecular weight excluding hydrogens is 401 g/mol. The lowest BCUT2D eigenvalue weighted by Gasteiger charge is -2.17. The van der Waals surface area contributed by atoms with Crippen molar-refractivity contribution >= 4 is 11.5 Å². The van der Waals surface area contributed by atoms with Crippen molar-refractivity contribution in [1.82, 2.24) is 19.6 Å². The van der Waals surface area contributed by atoms with Gasteiger partial charge in [-0.15, -0.1) is 10.2 Å². The molecule has 5 heterocycles. The van der Waals surface area contributed by atoms with E-state index >= 15 is 0 Å². The Morgan fingerprint density at radius 2 is 2.06 bits per heavy atom. The molecule has 156 valence electrons. The van der Waals surface area contributed by atoms with Gasteiger partial charge in [-0.05, 0) is 30.3 Å². The number of anilines is 1. The van der Waals surface area contributed by atoms with Crippen LogP contribution in [0.5, 0.6) is 17.2 Å². The standard InChI is InChI=1S/C22H18FN5O3/c1-29-17-3-2-6-24-20(17)13-7-18-22(28-11-26-27-21(13)28)25-8-14-15(23)4-5-16-19(14)12(9-30-16)10-31-18/h2-7,11-12,25H,8-10H2,1H3/t12-/m1/s1. The van der Waals surface area contributed by atoms with Gasteiger partial charge in [-0.25, -0.2) is 4.39 Å². The van der Waals surface area contributed by atoms with Crippen LogP contribution in [0.4, 0.5) is 10.2 Å². The Kier molecular flexibility index (Phi) is 3.95. The summed E-state index contributed by atoms with van der Waals surface area (Å²) in [5.41, 5.74) is 3.41. The second-order valence-electron chi connectivity index (χ2n) is 7.46. The molecule has 0 radical (unpaired) electrons. The summed E-state index contributed by atoms with van der Waals surface area (Å²) in [6.45, 7) is 1.09. The van der Waals surface area contributed by atoms with Crippen molar-refractivity contribution in [2.24, 2.45) is 0 Å². The number of nitrogens with one attached hydrogen (secondary N) is 1. The quantitative estimate of drug-likeness (QED) is 0.533. The highest BCUT2D eigenvalue weighted by atomic mass is 19.1. The first-order chi connectivity index (χ1) is 15.2. The van der Waals surface area contributed by atoms with E-state index in [1.165, 1.54) is 6.07 Å². The highest BCUT2D eigenvalue weighted by Crippen LogP contribution is 2.42. The number of aromatic nitrogens is 4. The molecule has 0 unspecified atom stereocenters. The van der Waals surface area contributed by atoms with Crippen LogP contribution in [-0.4, -0.2) is 39.9 Å². The predicted octanol–water partition coefficient (Wildman–Crippen LogP) is 3.42. The monoisotopic (exact) mass is 419 g/mol. The summed E-state index contributed by atoms with van der Waals surface area (Å²) >= 11 is 0. The molecule has 1 atom stereocenters. The van der Waals surface area contributed by atoms with Crippen molar-refractivity contribution in [2.45, 2.75) is 12.5 Å². The highest BCUT2D eigenvalue weighted by molar-refractivity contribution is 5.82. The van der Waals surface area contributed by atoms with E-state index in [0.29, 0.717) is 53.2 Å². The summed E-state index contributed by atoms with van der Waals surface area (Å²) in [6, 6.07) is 8.65. The van der Waals surface area contributed by atoms with Crippen LogP contribution in [-0.2, 0) is 6.54 Å². The first kappa shape index (κ1) is 17.9. The maximum atomic E-state index is 14.7. The van der Waals surface area contributed by atoms with Crippen LogP contribution in [0.2, 0.25) is 0 Å². The van der Waals surface area contributed by atoms with E-state index in [-0.39, 0.29) is 18.3 Å². The van der Waals surface area contributed by atoms with E-state index in [1.54, 1.807) is 30.1 Å². The molecule has 2 aliphatic rings. The van der Waals surface area contributed by atoms with Crippen LogP contribution in [0.3, 0.4) is 0 Å². The minimum Gasteiger partial charge on any atom is -0.494 e. The lowest BCUT2D eigenvalue weighted by Crippen LogP contribution is -2.13. The zero-order chi connectivity index (χ0) is 20.9. The summed E-state index contributed by atoms with van der Waals surface area (Å²) in [4.78, 5) is 4.49. The largest absolute Gasteiger partial charge is 0.494 e. The van der Waals surface area contributed by atoms with E-state index in [0.717, 1.165) is 11.1 Å². The van der Waals surface area contributed by atoms with Crippen molar-refractivity contribution in [2.75, 3.05) is 25.6 Å². The van der Waals surface area contributed by atoms with E-state index in [4.69, 9.17) is 14.2 Å². The van der Waals surface area contributed by atoms with Crippen molar-refractivity contribution in [3.8, 4) is 28.5 Å². The molecule has 31 heavy (non-hydrogen) atoms. The zero-order valence-corrected chi connectivity index (χ0v) is 16.6. The van der Waals surface area contributed by atoms with Gasteiger partial charge in [0.1, 0.15) is 29.3 Å². The molecule has 0 bridgehead atoms. The molecule has 0 saturated heterocycles. The fourth-order valence-electron chi connectivity index (χ4n) is 4.32. The van der Waals surface area contributed by atoms with Crippen molar-refractivity contribution in [3.05, 3.63) is 59.8 Å². The number of hydrogen-bond donors (Lipinski definition) is 1. The van der Waals surface area contributed by atoms with Gasteiger partial charge in [0.25, 0.3) is 0 Å². The van der Waals surface area contributed by atoms with Gasteiger partial charge in [0.05, 0.1) is 31.8 Å². The molecule has 0 spiro atoms. The van der Waals surface area contributed by atoms with Gasteiger partial charge >= 0.3 is 0 Å². The van der Waals surface area contributed by atoms with Crippen LogP contribution >= 0.6 is 0 Å². The average molecular weight is 419 g/mol. The number of halogens is 1. The number of nitrogens with zero attached hydrogens (tertiary/aromatic N) is 4. The zero-order valence-electron chi connectivity index (χ0n) is 16.6. The van der Waals surface area contributed by atoms with Gasteiger partial charge in [0.15, 0.2) is 17.2 Å². The second kappa shape index (κ2) is 6.83. The van der Waals surface area contributed by atoms with Crippen LogP contribution in [0, 0.1) is 5.82 Å². The number of methoxy groups -OCH3 is 1. The number of benzene rings is 1. The van der Waals surface area contributed by atoms with Gasteiger partial charge in [0.2, 0.25) is 0 Å². The number of hydrogen-bond acceptors (Lipinski definition) is 7. The van der Waals surface area contributed by atoms with Crippen LogP contribution < -0.4 is 19.5 Å². The minimum atomic E-state index is -0.264. The fourth-order valence-corrected chi connectivity index (χ4v) is 4.32. The third-order valence-electron chi connectivity index (χ3n) is 5.76. The highest BCUT2D eigenvalue weighted by Gasteiger charge is 2.31. The number of rotatable bonds is 2.